The van der Waals surface area contributed by atoms with Gasteiger partial charge in [0.05, 0.1) is 11.6 Å². The average Bonchev–Trinajstić information content (AvgIpc) is 2.11. The molecule has 90 valence electrons. The SMILES string of the molecule is CS(=O)(=O)c1c(F)cc(CCON)cc1Cl. The van der Waals surface area contributed by atoms with Gasteiger partial charge in [0.2, 0.25) is 0 Å². The monoisotopic (exact) mass is 267 g/mol. The Morgan fingerprint density at radius 1 is 1.50 bits per heavy atom. The van der Waals surface area contributed by atoms with E-state index in [-0.39, 0.29) is 11.6 Å². The van der Waals surface area contributed by atoms with E-state index in [2.05, 4.69) is 4.84 Å². The number of halogens is 2. The molecule has 1 aromatic rings. The van der Waals surface area contributed by atoms with Crippen LogP contribution in [-0.4, -0.2) is 21.3 Å². The minimum absolute atomic E-state index is 0.130. The molecule has 7 heteroatoms. The molecule has 0 atom stereocenters. The summed E-state index contributed by atoms with van der Waals surface area (Å²) >= 11 is 5.71. The Morgan fingerprint density at radius 2 is 2.12 bits per heavy atom. The fraction of sp³-hybridized carbons (Fsp3) is 0.333. The van der Waals surface area contributed by atoms with Gasteiger partial charge in [-0.1, -0.05) is 11.6 Å². The molecule has 0 amide bonds. The molecule has 0 aliphatic carbocycles. The lowest BCUT2D eigenvalue weighted by molar-refractivity contribution is 0.141. The number of sulfone groups is 1. The Morgan fingerprint density at radius 3 is 2.56 bits per heavy atom. The lowest BCUT2D eigenvalue weighted by atomic mass is 10.1. The van der Waals surface area contributed by atoms with Crippen molar-refractivity contribution in [1.82, 2.24) is 0 Å². The first-order valence-electron chi connectivity index (χ1n) is 4.36. The van der Waals surface area contributed by atoms with Gasteiger partial charge in [-0.05, 0) is 24.1 Å². The quantitative estimate of drug-likeness (QED) is 0.836. The van der Waals surface area contributed by atoms with Gasteiger partial charge >= 0.3 is 0 Å². The maximum Gasteiger partial charge on any atom is 0.179 e. The van der Waals surface area contributed by atoms with E-state index in [4.69, 9.17) is 17.5 Å². The van der Waals surface area contributed by atoms with Gasteiger partial charge in [0.15, 0.2) is 9.84 Å². The number of nitrogens with two attached hydrogens (primary N) is 1. The second-order valence-electron chi connectivity index (χ2n) is 3.28. The van der Waals surface area contributed by atoms with E-state index < -0.39 is 20.5 Å². The standard InChI is InChI=1S/C9H11ClFNO3S/c1-16(13,14)9-7(10)4-6(2-3-15-12)5-8(9)11/h4-5H,2-3,12H2,1H3. The maximum atomic E-state index is 13.5. The molecule has 0 fully saturated rings. The molecule has 1 aromatic carbocycles. The smallest absolute Gasteiger partial charge is 0.179 e. The second-order valence-corrected chi connectivity index (χ2v) is 5.64. The fourth-order valence-corrected chi connectivity index (χ4v) is 2.76. The summed E-state index contributed by atoms with van der Waals surface area (Å²) in [5, 5.41) is -0.130. The Bertz CT molecular complexity index is 467. The van der Waals surface area contributed by atoms with Gasteiger partial charge < -0.3 is 4.84 Å². The molecule has 2 N–H and O–H groups in total. The second kappa shape index (κ2) is 5.09. The van der Waals surface area contributed by atoms with E-state index in [1.165, 1.54) is 6.07 Å². The highest BCUT2D eigenvalue weighted by Crippen LogP contribution is 2.26. The fourth-order valence-electron chi connectivity index (χ4n) is 1.29. The summed E-state index contributed by atoms with van der Waals surface area (Å²) in [6.45, 7) is 0.202. The van der Waals surface area contributed by atoms with Gasteiger partial charge in [-0.15, -0.1) is 0 Å². The summed E-state index contributed by atoms with van der Waals surface area (Å²) in [4.78, 5) is 3.86. The molecule has 0 spiro atoms. The minimum atomic E-state index is -3.66. The van der Waals surface area contributed by atoms with E-state index in [0.29, 0.717) is 12.0 Å². The van der Waals surface area contributed by atoms with Crippen LogP contribution in [0.1, 0.15) is 5.56 Å². The Hall–Kier alpha value is -0.690. The number of hydrogen-bond acceptors (Lipinski definition) is 4. The number of rotatable bonds is 4. The Labute approximate surface area is 98.0 Å². The van der Waals surface area contributed by atoms with Crippen LogP contribution in [0.2, 0.25) is 5.02 Å². The minimum Gasteiger partial charge on any atom is -0.304 e. The molecule has 0 unspecified atom stereocenters. The highest BCUT2D eigenvalue weighted by molar-refractivity contribution is 7.90. The predicted octanol–water partition coefficient (Wildman–Crippen LogP) is 1.32. The van der Waals surface area contributed by atoms with Crippen molar-refractivity contribution in [2.24, 2.45) is 5.90 Å². The Kier molecular flexibility index (Phi) is 4.26. The molecule has 0 radical (unpaired) electrons. The molecule has 0 saturated carbocycles. The molecule has 0 saturated heterocycles. The topological polar surface area (TPSA) is 69.4 Å². The summed E-state index contributed by atoms with van der Waals surface area (Å²) < 4.78 is 36.0. The number of benzene rings is 1. The molecule has 0 heterocycles. The van der Waals surface area contributed by atoms with Crippen LogP contribution < -0.4 is 5.90 Å². The van der Waals surface area contributed by atoms with E-state index in [0.717, 1.165) is 12.3 Å². The van der Waals surface area contributed by atoms with Crippen molar-refractivity contribution in [2.75, 3.05) is 12.9 Å². The summed E-state index contributed by atoms with van der Waals surface area (Å²) in [5.41, 5.74) is 0.528. The first-order valence-corrected chi connectivity index (χ1v) is 6.63. The van der Waals surface area contributed by atoms with Crippen molar-refractivity contribution in [2.45, 2.75) is 11.3 Å². The molecule has 16 heavy (non-hydrogen) atoms. The van der Waals surface area contributed by atoms with Crippen LogP contribution in [0.4, 0.5) is 4.39 Å². The van der Waals surface area contributed by atoms with Gasteiger partial charge in [0.25, 0.3) is 0 Å². The van der Waals surface area contributed by atoms with Crippen molar-refractivity contribution in [3.8, 4) is 0 Å². The molecule has 4 nitrogen and oxygen atoms in total. The molecular formula is C9H11ClFNO3S. The summed E-state index contributed by atoms with van der Waals surface area (Å²) in [6.07, 6.45) is 1.26. The first kappa shape index (κ1) is 13.4. The molecule has 1 rings (SSSR count). The molecular weight excluding hydrogens is 257 g/mol. The first-order chi connectivity index (χ1) is 7.36. The van der Waals surface area contributed by atoms with E-state index in [1.54, 1.807) is 0 Å². The molecule has 0 aliphatic heterocycles. The zero-order chi connectivity index (χ0) is 12.3. The highest BCUT2D eigenvalue weighted by atomic mass is 35.5. The van der Waals surface area contributed by atoms with E-state index in [9.17, 15) is 12.8 Å². The lowest BCUT2D eigenvalue weighted by Gasteiger charge is -2.07. The van der Waals surface area contributed by atoms with Crippen molar-refractivity contribution in [3.05, 3.63) is 28.5 Å². The van der Waals surface area contributed by atoms with Gasteiger partial charge in [0, 0.05) is 6.26 Å². The third kappa shape index (κ3) is 3.15. The van der Waals surface area contributed by atoms with Crippen LogP contribution >= 0.6 is 11.6 Å². The molecule has 0 bridgehead atoms. The molecule has 0 aliphatic rings. The van der Waals surface area contributed by atoms with Gasteiger partial charge in [-0.25, -0.2) is 18.7 Å². The van der Waals surface area contributed by atoms with Crippen LogP contribution in [0.5, 0.6) is 0 Å². The number of hydrogen-bond donors (Lipinski definition) is 1. The van der Waals surface area contributed by atoms with Crippen molar-refractivity contribution < 1.29 is 17.6 Å². The van der Waals surface area contributed by atoms with Gasteiger partial charge in [0.1, 0.15) is 10.7 Å². The van der Waals surface area contributed by atoms with E-state index >= 15 is 0 Å². The Balaban J connectivity index is 3.18. The molecule has 0 aromatic heterocycles. The van der Waals surface area contributed by atoms with Crippen LogP contribution in [0.3, 0.4) is 0 Å². The largest absolute Gasteiger partial charge is 0.304 e. The van der Waals surface area contributed by atoms with Crippen LogP contribution in [0, 0.1) is 5.82 Å². The average molecular weight is 268 g/mol. The van der Waals surface area contributed by atoms with Crippen LogP contribution in [-0.2, 0) is 21.1 Å². The lowest BCUT2D eigenvalue weighted by Crippen LogP contribution is -2.06. The zero-order valence-corrected chi connectivity index (χ0v) is 10.1. The summed E-state index contributed by atoms with van der Waals surface area (Å²) in [6, 6.07) is 2.50. The van der Waals surface area contributed by atoms with Crippen molar-refractivity contribution in [3.63, 3.8) is 0 Å². The highest BCUT2D eigenvalue weighted by Gasteiger charge is 2.18. The third-order valence-corrected chi connectivity index (χ3v) is 3.50. The normalized spacial score (nSPS) is 11.8. The third-order valence-electron chi connectivity index (χ3n) is 1.94. The van der Waals surface area contributed by atoms with Crippen molar-refractivity contribution >= 4 is 21.4 Å². The van der Waals surface area contributed by atoms with E-state index in [1.807, 2.05) is 0 Å². The van der Waals surface area contributed by atoms with Crippen LogP contribution in [0.25, 0.3) is 0 Å². The zero-order valence-electron chi connectivity index (χ0n) is 8.54. The summed E-state index contributed by atoms with van der Waals surface area (Å²) in [7, 11) is -3.66. The predicted molar refractivity (Wildman–Crippen MR) is 58.4 cm³/mol. The van der Waals surface area contributed by atoms with Gasteiger partial charge in [-0.3, -0.25) is 0 Å². The maximum absolute atomic E-state index is 13.5. The van der Waals surface area contributed by atoms with Crippen LogP contribution in [0.15, 0.2) is 17.0 Å². The van der Waals surface area contributed by atoms with Crippen molar-refractivity contribution in [1.29, 1.82) is 0 Å². The van der Waals surface area contributed by atoms with Gasteiger partial charge in [-0.2, -0.15) is 0 Å². The summed E-state index contributed by atoms with van der Waals surface area (Å²) in [5.74, 6) is 3.97.